The molecule has 3 rings (SSSR count). The van der Waals surface area contributed by atoms with E-state index in [1.165, 1.54) is 0 Å². The zero-order chi connectivity index (χ0) is 14.1. The van der Waals surface area contributed by atoms with E-state index in [0.29, 0.717) is 5.56 Å². The molecule has 0 spiro atoms. The van der Waals surface area contributed by atoms with Gasteiger partial charge in [-0.05, 0) is 41.7 Å². The van der Waals surface area contributed by atoms with Crippen LogP contribution in [-0.4, -0.2) is 10.2 Å². The second-order valence-electron chi connectivity index (χ2n) is 4.69. The summed E-state index contributed by atoms with van der Waals surface area (Å²) in [5.74, 6) is 2.38. The fourth-order valence-corrected chi connectivity index (χ4v) is 2.14. The number of nitrogens with one attached hydrogen (secondary N) is 2. The number of hydrogen-bond donors (Lipinski definition) is 2. The van der Waals surface area contributed by atoms with Crippen molar-refractivity contribution in [1.82, 2.24) is 10.2 Å². The maximum absolute atomic E-state index is 13.7. The summed E-state index contributed by atoms with van der Waals surface area (Å²) >= 11 is 0. The molecule has 1 aromatic heterocycles. The van der Waals surface area contributed by atoms with Crippen LogP contribution in [0.15, 0.2) is 42.5 Å². The van der Waals surface area contributed by atoms with E-state index in [1.54, 1.807) is 19.1 Å². The van der Waals surface area contributed by atoms with Crippen LogP contribution in [0, 0.1) is 25.1 Å². The summed E-state index contributed by atoms with van der Waals surface area (Å²) in [6.45, 7) is 1.75. The lowest BCUT2D eigenvalue weighted by atomic mass is 10.00. The van der Waals surface area contributed by atoms with Crippen molar-refractivity contribution in [2.24, 2.45) is 0 Å². The molecule has 0 unspecified atom stereocenters. The number of aromatic nitrogens is 2. The maximum atomic E-state index is 13.7. The summed E-state index contributed by atoms with van der Waals surface area (Å²) in [6, 6.07) is 13.1. The molecular weight excluding hydrogens is 251 g/mol. The van der Waals surface area contributed by atoms with Crippen LogP contribution in [0.25, 0.3) is 22.4 Å². The Kier molecular flexibility index (Phi) is 2.92. The van der Waals surface area contributed by atoms with Gasteiger partial charge in [0, 0.05) is 5.56 Å². The maximum Gasteiger partial charge on any atom is 0.129 e. The van der Waals surface area contributed by atoms with Gasteiger partial charge in [-0.2, -0.15) is 0 Å². The lowest BCUT2D eigenvalue weighted by molar-refractivity contribution is 0.619. The highest BCUT2D eigenvalue weighted by Crippen LogP contribution is 2.28. The number of H-pyrrole nitrogens is 2. The summed E-state index contributed by atoms with van der Waals surface area (Å²) in [5, 5.41) is 5.83. The molecule has 20 heavy (non-hydrogen) atoms. The highest BCUT2D eigenvalue weighted by molar-refractivity contribution is 5.74. The summed E-state index contributed by atoms with van der Waals surface area (Å²) in [6.07, 6.45) is 5.39. The van der Waals surface area contributed by atoms with E-state index in [4.69, 9.17) is 6.42 Å². The molecule has 0 saturated carbocycles. The Morgan fingerprint density at radius 1 is 1.00 bits per heavy atom. The van der Waals surface area contributed by atoms with E-state index in [2.05, 4.69) is 16.1 Å². The summed E-state index contributed by atoms with van der Waals surface area (Å²) < 4.78 is 13.7. The first-order chi connectivity index (χ1) is 9.69. The largest absolute Gasteiger partial charge is 0.297 e. The first-order valence-corrected chi connectivity index (χ1v) is 6.29. The van der Waals surface area contributed by atoms with Crippen LogP contribution in [-0.2, 0) is 0 Å². The van der Waals surface area contributed by atoms with Gasteiger partial charge in [-0.1, -0.05) is 30.3 Å². The third kappa shape index (κ3) is 2.02. The number of hydrogen-bond acceptors (Lipinski definition) is 0. The Morgan fingerprint density at radius 2 is 1.75 bits per heavy atom. The van der Waals surface area contributed by atoms with Crippen molar-refractivity contribution in [3.05, 3.63) is 59.5 Å². The highest BCUT2D eigenvalue weighted by Gasteiger charge is 2.09. The molecule has 0 radical (unpaired) electrons. The van der Waals surface area contributed by atoms with Gasteiger partial charge < -0.3 is 0 Å². The normalized spacial score (nSPS) is 10.4. The van der Waals surface area contributed by atoms with E-state index in [9.17, 15) is 4.39 Å². The number of halogens is 1. The Hall–Kier alpha value is -2.73. The average Bonchev–Trinajstić information content (AvgIpc) is 2.42. The lowest BCUT2D eigenvalue weighted by Gasteiger charge is -2.11. The van der Waals surface area contributed by atoms with E-state index >= 15 is 0 Å². The summed E-state index contributed by atoms with van der Waals surface area (Å²) in [4.78, 5) is 0. The molecular formula is C17H13FN2. The van der Waals surface area contributed by atoms with E-state index in [1.807, 2.05) is 30.3 Å². The molecule has 2 nitrogen and oxygen atoms in total. The quantitative estimate of drug-likeness (QED) is 0.653. The van der Waals surface area contributed by atoms with Gasteiger partial charge >= 0.3 is 0 Å². The highest BCUT2D eigenvalue weighted by atomic mass is 19.1. The standard InChI is InChI=1S/C17H13FN2/c1-3-16-17(20-19-16)14-6-4-5-12(9-14)13-8-7-11(2)15(18)10-13/h1,4-10,19-20H,2H3. The molecule has 0 aliphatic heterocycles. The van der Waals surface area contributed by atoms with Gasteiger partial charge in [0.15, 0.2) is 0 Å². The van der Waals surface area contributed by atoms with Crippen LogP contribution in [0.1, 0.15) is 11.3 Å². The van der Waals surface area contributed by atoms with Gasteiger partial charge in [-0.25, -0.2) is 4.39 Å². The molecule has 3 heteroatoms. The van der Waals surface area contributed by atoms with Crippen LogP contribution in [0.3, 0.4) is 0 Å². The Balaban J connectivity index is 2.04. The van der Waals surface area contributed by atoms with Crippen LogP contribution < -0.4 is 0 Å². The zero-order valence-corrected chi connectivity index (χ0v) is 11.0. The van der Waals surface area contributed by atoms with Crippen molar-refractivity contribution in [2.75, 3.05) is 0 Å². The molecule has 0 atom stereocenters. The van der Waals surface area contributed by atoms with Gasteiger partial charge in [-0.15, -0.1) is 6.42 Å². The Morgan fingerprint density at radius 3 is 2.40 bits per heavy atom. The summed E-state index contributed by atoms with van der Waals surface area (Å²) in [5.41, 5.74) is 5.06. The molecule has 0 fully saturated rings. The minimum atomic E-state index is -0.195. The predicted octanol–water partition coefficient (Wildman–Crippen LogP) is 4.11. The number of aromatic amines is 2. The first kappa shape index (κ1) is 12.3. The first-order valence-electron chi connectivity index (χ1n) is 6.29. The molecule has 2 aromatic carbocycles. The fourth-order valence-electron chi connectivity index (χ4n) is 2.14. The lowest BCUT2D eigenvalue weighted by Crippen LogP contribution is -2.00. The van der Waals surface area contributed by atoms with Gasteiger partial charge in [0.2, 0.25) is 0 Å². The number of rotatable bonds is 2. The number of benzene rings is 2. The van der Waals surface area contributed by atoms with Crippen LogP contribution in [0.4, 0.5) is 4.39 Å². The van der Waals surface area contributed by atoms with Gasteiger partial charge in [0.05, 0.1) is 5.69 Å². The number of aryl methyl sites for hydroxylation is 1. The second-order valence-corrected chi connectivity index (χ2v) is 4.69. The molecule has 2 N–H and O–H groups in total. The van der Waals surface area contributed by atoms with Crippen LogP contribution >= 0.6 is 0 Å². The molecule has 0 amide bonds. The van der Waals surface area contributed by atoms with Crippen LogP contribution in [0.2, 0.25) is 0 Å². The van der Waals surface area contributed by atoms with Crippen molar-refractivity contribution < 1.29 is 4.39 Å². The third-order valence-corrected chi connectivity index (χ3v) is 3.36. The van der Waals surface area contributed by atoms with Gasteiger partial charge in [0.25, 0.3) is 0 Å². The Bertz CT molecular complexity index is 803. The van der Waals surface area contributed by atoms with Crippen molar-refractivity contribution in [2.45, 2.75) is 6.92 Å². The topological polar surface area (TPSA) is 31.6 Å². The minimum absolute atomic E-state index is 0.195. The van der Waals surface area contributed by atoms with Gasteiger partial charge in [0.1, 0.15) is 11.5 Å². The van der Waals surface area contributed by atoms with E-state index in [-0.39, 0.29) is 5.82 Å². The smallest absolute Gasteiger partial charge is 0.129 e. The molecule has 3 aromatic rings. The Labute approximate surface area is 116 Å². The second kappa shape index (κ2) is 4.75. The predicted molar refractivity (Wildman–Crippen MR) is 78.6 cm³/mol. The summed E-state index contributed by atoms with van der Waals surface area (Å²) in [7, 11) is 0. The van der Waals surface area contributed by atoms with Crippen LogP contribution in [0.5, 0.6) is 0 Å². The average molecular weight is 264 g/mol. The number of terminal acetylenes is 1. The van der Waals surface area contributed by atoms with Crippen molar-refractivity contribution in [3.8, 4) is 34.7 Å². The monoisotopic (exact) mass is 264 g/mol. The fraction of sp³-hybridized carbons (Fsp3) is 0.0588. The SMILES string of the molecule is C#Cc1[nH][nH]c1-c1cccc(-c2ccc(C)c(F)c2)c1. The van der Waals surface area contributed by atoms with Crippen molar-refractivity contribution in [3.63, 3.8) is 0 Å². The van der Waals surface area contributed by atoms with E-state index in [0.717, 1.165) is 28.1 Å². The third-order valence-electron chi connectivity index (χ3n) is 3.36. The molecule has 0 saturated heterocycles. The van der Waals surface area contributed by atoms with E-state index < -0.39 is 0 Å². The minimum Gasteiger partial charge on any atom is -0.297 e. The molecule has 0 bridgehead atoms. The molecule has 98 valence electrons. The molecule has 0 aliphatic carbocycles. The molecule has 0 aliphatic rings. The molecule has 1 heterocycles. The van der Waals surface area contributed by atoms with Crippen molar-refractivity contribution in [1.29, 1.82) is 0 Å². The zero-order valence-electron chi connectivity index (χ0n) is 11.0. The van der Waals surface area contributed by atoms with Gasteiger partial charge in [-0.3, -0.25) is 10.2 Å². The van der Waals surface area contributed by atoms with Crippen molar-refractivity contribution >= 4 is 0 Å².